The first-order chi connectivity index (χ1) is 20.2. The van der Waals surface area contributed by atoms with Gasteiger partial charge in [0.05, 0.1) is 24.8 Å². The highest BCUT2D eigenvalue weighted by Crippen LogP contribution is 2.26. The summed E-state index contributed by atoms with van der Waals surface area (Å²) in [5, 5.41) is 3.11. The van der Waals surface area contributed by atoms with Crippen molar-refractivity contribution in [3.05, 3.63) is 84.4 Å². The minimum absolute atomic E-state index is 0.0183. The molecule has 0 spiro atoms. The van der Waals surface area contributed by atoms with Crippen LogP contribution in [0.3, 0.4) is 0 Å². The van der Waals surface area contributed by atoms with E-state index in [1.54, 1.807) is 68.6 Å². The second-order valence-electron chi connectivity index (χ2n) is 10.4. The predicted octanol–water partition coefficient (Wildman–Crippen LogP) is 4.77. The van der Waals surface area contributed by atoms with E-state index in [9.17, 15) is 18.0 Å². The molecule has 224 valence electrons. The Morgan fingerprint density at radius 2 is 1.43 bits per heavy atom. The van der Waals surface area contributed by atoms with Crippen molar-refractivity contribution in [3.8, 4) is 11.5 Å². The molecular weight excluding hydrogens is 554 g/mol. The van der Waals surface area contributed by atoms with Crippen molar-refractivity contribution in [1.29, 1.82) is 0 Å². The van der Waals surface area contributed by atoms with Gasteiger partial charge in [-0.25, -0.2) is 8.42 Å². The van der Waals surface area contributed by atoms with Gasteiger partial charge in [0.25, 0.3) is 10.0 Å². The van der Waals surface area contributed by atoms with E-state index in [2.05, 4.69) is 5.32 Å². The van der Waals surface area contributed by atoms with E-state index >= 15 is 0 Å². The molecule has 9 nitrogen and oxygen atoms in total. The molecule has 0 aliphatic heterocycles. The summed E-state index contributed by atoms with van der Waals surface area (Å²) in [4.78, 5) is 28.9. The molecule has 0 radical (unpaired) electrons. The van der Waals surface area contributed by atoms with Gasteiger partial charge in [-0.05, 0) is 73.9 Å². The van der Waals surface area contributed by atoms with E-state index in [0.717, 1.165) is 42.0 Å². The summed E-state index contributed by atoms with van der Waals surface area (Å²) in [5.74, 6) is 0.423. The molecule has 0 unspecified atom stereocenters. The normalized spacial score (nSPS) is 14.5. The van der Waals surface area contributed by atoms with Crippen LogP contribution in [0, 0.1) is 0 Å². The van der Waals surface area contributed by atoms with Crippen molar-refractivity contribution < 1.29 is 27.5 Å². The van der Waals surface area contributed by atoms with Gasteiger partial charge in [0, 0.05) is 12.6 Å². The molecule has 0 aromatic heterocycles. The molecule has 1 fully saturated rings. The molecule has 4 rings (SSSR count). The third kappa shape index (κ3) is 7.61. The fraction of sp³-hybridized carbons (Fsp3) is 0.375. The van der Waals surface area contributed by atoms with Gasteiger partial charge in [0.2, 0.25) is 11.8 Å². The summed E-state index contributed by atoms with van der Waals surface area (Å²) in [7, 11) is -1.07. The number of nitrogens with one attached hydrogen (secondary N) is 1. The number of para-hydroxylation sites is 1. The maximum atomic E-state index is 14.1. The third-order valence-electron chi connectivity index (χ3n) is 7.60. The van der Waals surface area contributed by atoms with Crippen LogP contribution in [-0.4, -0.2) is 58.0 Å². The van der Waals surface area contributed by atoms with E-state index in [-0.39, 0.29) is 23.4 Å². The average molecular weight is 594 g/mol. The van der Waals surface area contributed by atoms with Gasteiger partial charge in [0.1, 0.15) is 24.1 Å². The van der Waals surface area contributed by atoms with Crippen LogP contribution in [0.1, 0.15) is 44.6 Å². The molecule has 3 aromatic rings. The molecule has 1 N–H and O–H groups in total. The van der Waals surface area contributed by atoms with Crippen molar-refractivity contribution in [2.24, 2.45) is 0 Å². The van der Waals surface area contributed by atoms with E-state index in [0.29, 0.717) is 17.2 Å². The van der Waals surface area contributed by atoms with Crippen molar-refractivity contribution >= 4 is 27.5 Å². The zero-order valence-corrected chi connectivity index (χ0v) is 25.2. The highest BCUT2D eigenvalue weighted by molar-refractivity contribution is 7.92. The van der Waals surface area contributed by atoms with Crippen LogP contribution in [0.5, 0.6) is 11.5 Å². The van der Waals surface area contributed by atoms with Crippen LogP contribution >= 0.6 is 0 Å². The summed E-state index contributed by atoms with van der Waals surface area (Å²) in [5.41, 5.74) is 1.12. The number of hydrogen-bond donors (Lipinski definition) is 1. The Hall–Kier alpha value is -4.05. The molecule has 1 aliphatic carbocycles. The number of anilines is 1. The summed E-state index contributed by atoms with van der Waals surface area (Å²) in [6, 6.07) is 21.0. The number of rotatable bonds is 12. The molecule has 1 aliphatic rings. The second-order valence-corrected chi connectivity index (χ2v) is 12.3. The highest BCUT2D eigenvalue weighted by Gasteiger charge is 2.33. The fourth-order valence-electron chi connectivity index (χ4n) is 5.08. The summed E-state index contributed by atoms with van der Waals surface area (Å²) >= 11 is 0. The first-order valence-electron chi connectivity index (χ1n) is 14.2. The smallest absolute Gasteiger partial charge is 0.264 e. The number of benzene rings is 3. The monoisotopic (exact) mass is 593 g/mol. The lowest BCUT2D eigenvalue weighted by Gasteiger charge is -2.33. The fourth-order valence-corrected chi connectivity index (χ4v) is 6.49. The maximum Gasteiger partial charge on any atom is 0.264 e. The number of carbonyl (C=O) groups excluding carboxylic acids is 2. The first kappa shape index (κ1) is 30.9. The summed E-state index contributed by atoms with van der Waals surface area (Å²) < 4.78 is 39.3. The van der Waals surface area contributed by atoms with E-state index < -0.39 is 28.5 Å². The molecule has 3 aromatic carbocycles. The Kier molecular flexibility index (Phi) is 10.5. The third-order valence-corrected chi connectivity index (χ3v) is 9.39. The van der Waals surface area contributed by atoms with Crippen molar-refractivity contribution in [3.63, 3.8) is 0 Å². The quantitative estimate of drug-likeness (QED) is 0.325. The Morgan fingerprint density at radius 1 is 0.857 bits per heavy atom. The predicted molar refractivity (Wildman–Crippen MR) is 162 cm³/mol. The molecule has 2 amide bonds. The Bertz CT molecular complexity index is 1420. The van der Waals surface area contributed by atoms with E-state index in [1.165, 1.54) is 24.1 Å². The average Bonchev–Trinajstić information content (AvgIpc) is 3.03. The van der Waals surface area contributed by atoms with Gasteiger partial charge in [0.15, 0.2) is 0 Å². The molecule has 1 atom stereocenters. The molecular formula is C32H39N3O6S. The standard InChI is InChI=1S/C32H39N3O6S/c1-24(32(37)33-26-10-6-4-7-11-26)34(22-25-14-16-28(40-2)17-15-25)31(36)23-35(27-12-8-5-9-13-27)42(38,39)30-20-18-29(41-3)19-21-30/h5,8-9,12-21,24,26H,4,6-7,10-11,22-23H2,1-3H3,(H,33,37)/t24-/m1/s1. The van der Waals surface area contributed by atoms with Crippen molar-refractivity contribution in [1.82, 2.24) is 10.2 Å². The van der Waals surface area contributed by atoms with Gasteiger partial charge in [-0.1, -0.05) is 49.6 Å². The van der Waals surface area contributed by atoms with Crippen LogP contribution in [-0.2, 0) is 26.2 Å². The first-order valence-corrected chi connectivity index (χ1v) is 15.6. The Balaban J connectivity index is 1.65. The topological polar surface area (TPSA) is 105 Å². The zero-order chi connectivity index (χ0) is 30.1. The Morgan fingerprint density at radius 3 is 2.00 bits per heavy atom. The number of sulfonamides is 1. The van der Waals surface area contributed by atoms with Gasteiger partial charge in [-0.2, -0.15) is 0 Å². The van der Waals surface area contributed by atoms with Crippen LogP contribution in [0.2, 0.25) is 0 Å². The summed E-state index contributed by atoms with van der Waals surface area (Å²) in [6.07, 6.45) is 5.09. The SMILES string of the molecule is COc1ccc(CN(C(=O)CN(c2ccccc2)S(=O)(=O)c2ccc(OC)cc2)[C@H](C)C(=O)NC2CCCCC2)cc1. The zero-order valence-electron chi connectivity index (χ0n) is 24.4. The van der Waals surface area contributed by atoms with Crippen LogP contribution in [0.4, 0.5) is 5.69 Å². The molecule has 42 heavy (non-hydrogen) atoms. The molecule has 1 saturated carbocycles. The van der Waals surface area contributed by atoms with Gasteiger partial charge < -0.3 is 19.7 Å². The number of carbonyl (C=O) groups is 2. The largest absolute Gasteiger partial charge is 0.497 e. The minimum atomic E-state index is -4.14. The summed E-state index contributed by atoms with van der Waals surface area (Å²) in [6.45, 7) is 1.31. The lowest BCUT2D eigenvalue weighted by atomic mass is 9.95. The second kappa shape index (κ2) is 14.2. The molecule has 10 heteroatoms. The van der Waals surface area contributed by atoms with Gasteiger partial charge in [-0.3, -0.25) is 13.9 Å². The maximum absolute atomic E-state index is 14.1. The lowest BCUT2D eigenvalue weighted by Crippen LogP contribution is -2.53. The Labute approximate surface area is 248 Å². The number of nitrogens with zero attached hydrogens (tertiary/aromatic N) is 2. The van der Waals surface area contributed by atoms with Crippen molar-refractivity contribution in [2.75, 3.05) is 25.1 Å². The van der Waals surface area contributed by atoms with Gasteiger partial charge >= 0.3 is 0 Å². The highest BCUT2D eigenvalue weighted by atomic mass is 32.2. The van der Waals surface area contributed by atoms with Crippen LogP contribution in [0.25, 0.3) is 0 Å². The molecule has 0 heterocycles. The number of methoxy groups -OCH3 is 2. The number of hydrogen-bond acceptors (Lipinski definition) is 6. The number of ether oxygens (including phenoxy) is 2. The molecule has 0 bridgehead atoms. The van der Waals surface area contributed by atoms with E-state index in [1.807, 2.05) is 12.1 Å². The van der Waals surface area contributed by atoms with Crippen LogP contribution < -0.4 is 19.1 Å². The van der Waals surface area contributed by atoms with Crippen molar-refractivity contribution in [2.45, 2.75) is 62.6 Å². The molecule has 0 saturated heterocycles. The lowest BCUT2D eigenvalue weighted by molar-refractivity contribution is -0.139. The minimum Gasteiger partial charge on any atom is -0.497 e. The van der Waals surface area contributed by atoms with Crippen LogP contribution in [0.15, 0.2) is 83.8 Å². The van der Waals surface area contributed by atoms with E-state index in [4.69, 9.17) is 9.47 Å². The number of amides is 2. The van der Waals surface area contributed by atoms with Gasteiger partial charge in [-0.15, -0.1) is 0 Å².